The van der Waals surface area contributed by atoms with E-state index in [1.54, 1.807) is 6.07 Å². The van der Waals surface area contributed by atoms with Crippen molar-refractivity contribution in [2.24, 2.45) is 0 Å². The second kappa shape index (κ2) is 8.34. The molecule has 1 rings (SSSR count). The number of halogens is 2. The van der Waals surface area contributed by atoms with Gasteiger partial charge in [-0.2, -0.15) is 5.26 Å². The molecule has 5 heteroatoms. The summed E-state index contributed by atoms with van der Waals surface area (Å²) in [4.78, 5) is 12.5. The lowest BCUT2D eigenvalue weighted by Gasteiger charge is -2.09. The fourth-order valence-electron chi connectivity index (χ4n) is 0.985. The Hall–Kier alpha value is -0.860. The second-order valence-electron chi connectivity index (χ2n) is 2.90. The van der Waals surface area contributed by atoms with Crippen LogP contribution in [0.1, 0.15) is 62.1 Å². The van der Waals surface area contributed by atoms with Gasteiger partial charge in [-0.25, -0.2) is 0 Å². The van der Waals surface area contributed by atoms with Crippen molar-refractivity contribution in [3.05, 3.63) is 26.6 Å². The first-order valence-corrected chi connectivity index (χ1v) is 6.20. The Morgan fingerprint density at radius 1 is 1.42 bits per heavy atom. The van der Waals surface area contributed by atoms with Gasteiger partial charge in [0.25, 0.3) is 0 Å². The fourth-order valence-corrected chi connectivity index (χ4v) is 2.33. The van der Waals surface area contributed by atoms with E-state index in [2.05, 4.69) is 31.9 Å². The Bertz CT molecular complexity index is 930. The van der Waals surface area contributed by atoms with E-state index in [1.807, 2.05) is 0 Å². The Balaban J connectivity index is 3.49. The third kappa shape index (κ3) is 5.33. The summed E-state index contributed by atoms with van der Waals surface area (Å²) in [6.45, 7) is -3.74. The van der Waals surface area contributed by atoms with Crippen LogP contribution in [0.2, 0.25) is 0 Å². The average Bonchev–Trinajstić information content (AvgIpc) is 2.62. The lowest BCUT2D eigenvalue weighted by Crippen LogP contribution is -2.08. The minimum absolute atomic E-state index is 0.0230. The standard InChI is InChI=1S/C14H15Br2NO2/c1-2-3-4-5-6-13(18)19-14-11(15)7-10(9-17)8-12(14)16/h7-8H,2-6H2,1H3/i1D3,2D2,3D2,4D2,5D2,6D2. The number of hydrogen-bond acceptors (Lipinski definition) is 3. The van der Waals surface area contributed by atoms with Gasteiger partial charge in [-0.15, -0.1) is 0 Å². The molecule has 0 saturated heterocycles. The van der Waals surface area contributed by atoms with E-state index >= 15 is 0 Å². The van der Waals surface area contributed by atoms with Gasteiger partial charge in [0.05, 0.1) is 20.6 Å². The van der Waals surface area contributed by atoms with Crippen LogP contribution < -0.4 is 4.74 Å². The van der Waals surface area contributed by atoms with Crippen molar-refractivity contribution in [3.63, 3.8) is 0 Å². The molecule has 0 heterocycles. The van der Waals surface area contributed by atoms with Crippen molar-refractivity contribution in [3.8, 4) is 11.8 Å². The first kappa shape index (κ1) is 5.50. The second-order valence-corrected chi connectivity index (χ2v) is 4.60. The molecule has 0 atom stereocenters. The Morgan fingerprint density at radius 2 is 2.11 bits per heavy atom. The first-order valence-electron chi connectivity index (χ1n) is 11.1. The lowest BCUT2D eigenvalue weighted by atomic mass is 10.1. The Morgan fingerprint density at radius 3 is 2.68 bits per heavy atom. The molecule has 102 valence electrons. The number of nitriles is 1. The summed E-state index contributed by atoms with van der Waals surface area (Å²) in [5, 5.41) is 8.93. The first-order chi connectivity index (χ1) is 14.0. The van der Waals surface area contributed by atoms with E-state index in [1.165, 1.54) is 12.1 Å². The summed E-state index contributed by atoms with van der Waals surface area (Å²) in [6.07, 6.45) is -20.3. The largest absolute Gasteiger partial charge is 0.424 e. The highest BCUT2D eigenvalue weighted by atomic mass is 79.9. The third-order valence-corrected chi connectivity index (χ3v) is 2.85. The molecule has 0 aromatic heterocycles. The maximum absolute atomic E-state index is 12.5. The van der Waals surface area contributed by atoms with Crippen LogP contribution in [0, 0.1) is 11.3 Å². The number of esters is 1. The quantitative estimate of drug-likeness (QED) is 0.499. The minimum Gasteiger partial charge on any atom is -0.424 e. The molecule has 0 aliphatic rings. The predicted octanol–water partition coefficient (Wildman–Crippen LogP) is 4.96. The topological polar surface area (TPSA) is 50.1 Å². The number of rotatable bonds is 6. The zero-order valence-corrected chi connectivity index (χ0v) is 12.3. The molecule has 3 nitrogen and oxygen atoms in total. The van der Waals surface area contributed by atoms with Crippen LogP contribution >= 0.6 is 31.9 Å². The number of hydrogen-bond donors (Lipinski definition) is 0. The smallest absolute Gasteiger partial charge is 0.311 e. The van der Waals surface area contributed by atoms with Gasteiger partial charge in [-0.3, -0.25) is 4.79 Å². The molecule has 0 aliphatic heterocycles. The molecule has 0 saturated carbocycles. The molecule has 0 radical (unpaired) electrons. The summed E-state index contributed by atoms with van der Waals surface area (Å²) < 4.78 is 104. The maximum atomic E-state index is 12.5. The highest BCUT2D eigenvalue weighted by Crippen LogP contribution is 2.34. The number of nitrogens with zero attached hydrogens (tertiary/aromatic N) is 1. The van der Waals surface area contributed by atoms with Crippen molar-refractivity contribution < 1.29 is 27.4 Å². The van der Waals surface area contributed by atoms with Crippen molar-refractivity contribution in [2.75, 3.05) is 0 Å². The molecular formula is C14H15Br2NO2. The predicted molar refractivity (Wildman–Crippen MR) is 81.0 cm³/mol. The van der Waals surface area contributed by atoms with Gasteiger partial charge in [-0.05, 0) is 50.4 Å². The summed E-state index contributed by atoms with van der Waals surface area (Å²) >= 11 is 5.97. The SMILES string of the molecule is [2H]C([2H])([2H])C([2H])([2H])C([2H])([2H])C([2H])([2H])C([2H])([2H])C([2H])([2H])C(=O)Oc1c(Br)cc(C#N)cc1Br. The van der Waals surface area contributed by atoms with Crippen molar-refractivity contribution in [1.29, 1.82) is 5.26 Å². The average molecular weight is 402 g/mol. The van der Waals surface area contributed by atoms with Crippen LogP contribution in [-0.4, -0.2) is 5.97 Å². The zero-order chi connectivity index (χ0) is 25.7. The summed E-state index contributed by atoms with van der Waals surface area (Å²) in [5.41, 5.74) is 0.110. The fraction of sp³-hybridized carbons (Fsp3) is 0.429. The van der Waals surface area contributed by atoms with E-state index in [0.717, 1.165) is 0 Å². The number of carbonyl (C=O) groups excluding carboxylic acids is 1. The van der Waals surface area contributed by atoms with E-state index in [9.17, 15) is 4.79 Å². The highest BCUT2D eigenvalue weighted by Gasteiger charge is 2.13. The minimum atomic E-state index is -4.18. The summed E-state index contributed by atoms with van der Waals surface area (Å²) in [6, 6.07) is 4.19. The van der Waals surface area contributed by atoms with E-state index in [4.69, 9.17) is 27.8 Å². The van der Waals surface area contributed by atoms with Crippen molar-refractivity contribution >= 4 is 37.8 Å². The number of carbonyl (C=O) groups is 1. The van der Waals surface area contributed by atoms with Crippen LogP contribution in [0.5, 0.6) is 5.75 Å². The number of benzene rings is 1. The van der Waals surface area contributed by atoms with E-state index in [0.29, 0.717) is 0 Å². The molecule has 1 aromatic carbocycles. The summed E-state index contributed by atoms with van der Waals surface area (Å²) in [5.74, 6) is -2.40. The third-order valence-electron chi connectivity index (χ3n) is 1.67. The highest BCUT2D eigenvalue weighted by molar-refractivity contribution is 9.11. The molecule has 1 aromatic rings. The molecule has 0 N–H and O–H groups in total. The molecule has 19 heavy (non-hydrogen) atoms. The van der Waals surface area contributed by atoms with Gasteiger partial charge < -0.3 is 4.74 Å². The molecule has 0 unspecified atom stereocenters. The van der Waals surface area contributed by atoms with Crippen LogP contribution in [0.15, 0.2) is 21.1 Å². The van der Waals surface area contributed by atoms with Crippen molar-refractivity contribution in [1.82, 2.24) is 0 Å². The van der Waals surface area contributed by atoms with Crippen LogP contribution in [0.25, 0.3) is 0 Å². The Kier molecular flexibility index (Phi) is 2.41. The number of ether oxygens (including phenoxy) is 1. The van der Waals surface area contributed by atoms with Gasteiger partial charge >= 0.3 is 5.97 Å². The van der Waals surface area contributed by atoms with Crippen LogP contribution in [0.4, 0.5) is 0 Å². The zero-order valence-electron chi connectivity index (χ0n) is 22.2. The van der Waals surface area contributed by atoms with Gasteiger partial charge in [0.2, 0.25) is 0 Å². The summed E-state index contributed by atoms with van der Waals surface area (Å²) in [7, 11) is 0. The Labute approximate surface area is 148 Å². The monoisotopic (exact) mass is 400 g/mol. The molecular weight excluding hydrogens is 374 g/mol. The van der Waals surface area contributed by atoms with Crippen molar-refractivity contribution in [2.45, 2.75) is 38.7 Å². The molecule has 0 spiro atoms. The van der Waals surface area contributed by atoms with E-state index < -0.39 is 50.4 Å². The van der Waals surface area contributed by atoms with Crippen LogP contribution in [0.3, 0.4) is 0 Å². The van der Waals surface area contributed by atoms with Gasteiger partial charge in [0.1, 0.15) is 0 Å². The van der Waals surface area contributed by atoms with Gasteiger partial charge in [0.15, 0.2) is 5.75 Å². The molecule has 0 bridgehead atoms. The van der Waals surface area contributed by atoms with Crippen LogP contribution in [-0.2, 0) is 4.79 Å². The molecule has 0 aliphatic carbocycles. The lowest BCUT2D eigenvalue weighted by molar-refractivity contribution is -0.134. The van der Waals surface area contributed by atoms with Gasteiger partial charge in [-0.1, -0.05) is 26.0 Å². The normalized spacial score (nSPS) is 24.6. The maximum Gasteiger partial charge on any atom is 0.311 e. The molecule has 0 amide bonds. The van der Waals surface area contributed by atoms with E-state index in [-0.39, 0.29) is 14.5 Å². The molecule has 0 fully saturated rings. The van der Waals surface area contributed by atoms with Gasteiger partial charge in [0, 0.05) is 24.2 Å².